The van der Waals surface area contributed by atoms with Crippen LogP contribution in [-0.4, -0.2) is 40.5 Å². The topological polar surface area (TPSA) is 79.4 Å². The molecule has 3 rings (SSSR count). The maximum Gasteiger partial charge on any atom is 0.194 e. The molecule has 0 radical (unpaired) electrons. The van der Waals surface area contributed by atoms with Gasteiger partial charge in [0.2, 0.25) is 0 Å². The van der Waals surface area contributed by atoms with Crippen molar-refractivity contribution in [3.63, 3.8) is 0 Å². The number of halogens is 1. The highest BCUT2D eigenvalue weighted by Crippen LogP contribution is 2.20. The van der Waals surface area contributed by atoms with Crippen molar-refractivity contribution in [3.8, 4) is 0 Å². The van der Waals surface area contributed by atoms with Gasteiger partial charge in [0.25, 0.3) is 0 Å². The lowest BCUT2D eigenvalue weighted by molar-refractivity contribution is 0.179. The molecule has 136 valence electrons. The molecule has 25 heavy (non-hydrogen) atoms. The van der Waals surface area contributed by atoms with E-state index in [1.54, 1.807) is 17.5 Å². The Bertz CT molecular complexity index is 667. The quantitative estimate of drug-likeness (QED) is 0.397. The summed E-state index contributed by atoms with van der Waals surface area (Å²) in [6.07, 6.45) is 4.04. The Kier molecular flexibility index (Phi) is 8.04. The third kappa shape index (κ3) is 6.52. The first kappa shape index (κ1) is 20.1. The first-order valence-corrected chi connectivity index (χ1v) is 9.18. The van der Waals surface area contributed by atoms with Crippen molar-refractivity contribution in [2.24, 2.45) is 16.6 Å². The van der Waals surface area contributed by atoms with Crippen molar-refractivity contribution in [2.45, 2.75) is 26.3 Å². The van der Waals surface area contributed by atoms with Crippen molar-refractivity contribution in [3.05, 3.63) is 40.5 Å². The summed E-state index contributed by atoms with van der Waals surface area (Å²) >= 11 is 1.72. The van der Waals surface area contributed by atoms with Crippen LogP contribution in [0.1, 0.15) is 23.5 Å². The second-order valence-electron chi connectivity index (χ2n) is 6.14. The number of pyridine rings is 1. The molecule has 0 amide bonds. The summed E-state index contributed by atoms with van der Waals surface area (Å²) in [6, 6.07) is 5.67. The van der Waals surface area contributed by atoms with E-state index in [1.807, 2.05) is 18.2 Å². The highest BCUT2D eigenvalue weighted by Gasteiger charge is 2.19. The number of rotatable bonds is 5. The van der Waals surface area contributed by atoms with Crippen molar-refractivity contribution in [1.82, 2.24) is 14.9 Å². The Balaban J connectivity index is 0.00000225. The lowest BCUT2D eigenvalue weighted by Crippen LogP contribution is -2.34. The van der Waals surface area contributed by atoms with Crippen LogP contribution < -0.4 is 11.1 Å². The molecule has 1 saturated heterocycles. The van der Waals surface area contributed by atoms with Gasteiger partial charge in [0, 0.05) is 24.7 Å². The van der Waals surface area contributed by atoms with E-state index in [2.05, 4.69) is 37.5 Å². The SMILES string of the molecule is Cc1nc(CN2CCC(CN=C(N)Nc3ccccn3)CC2)cs1.I. The summed E-state index contributed by atoms with van der Waals surface area (Å²) in [5.41, 5.74) is 7.13. The Morgan fingerprint density at radius 2 is 2.20 bits per heavy atom. The molecule has 1 aliphatic heterocycles. The Hall–Kier alpha value is -1.26. The normalized spacial score (nSPS) is 16.4. The number of guanidine groups is 1. The molecule has 0 saturated carbocycles. The van der Waals surface area contributed by atoms with E-state index in [9.17, 15) is 0 Å². The molecule has 0 atom stereocenters. The minimum Gasteiger partial charge on any atom is -0.370 e. The molecule has 2 aromatic rings. The monoisotopic (exact) mass is 472 g/mol. The molecule has 0 aliphatic carbocycles. The van der Waals surface area contributed by atoms with Crippen molar-refractivity contribution in [2.75, 3.05) is 25.0 Å². The Morgan fingerprint density at radius 3 is 2.84 bits per heavy atom. The summed E-state index contributed by atoms with van der Waals surface area (Å²) in [7, 11) is 0. The largest absolute Gasteiger partial charge is 0.370 e. The van der Waals surface area contributed by atoms with Crippen molar-refractivity contribution >= 4 is 47.1 Å². The van der Waals surface area contributed by atoms with E-state index in [0.717, 1.165) is 49.8 Å². The third-order valence-electron chi connectivity index (χ3n) is 4.20. The molecule has 0 spiro atoms. The number of aliphatic imine (C=N–C) groups is 1. The molecule has 3 N–H and O–H groups in total. The average Bonchev–Trinajstić information content (AvgIpc) is 3.00. The van der Waals surface area contributed by atoms with Crippen molar-refractivity contribution < 1.29 is 0 Å². The van der Waals surface area contributed by atoms with Gasteiger partial charge in [0.15, 0.2) is 5.96 Å². The smallest absolute Gasteiger partial charge is 0.194 e. The Labute approximate surface area is 170 Å². The van der Waals surface area contributed by atoms with Gasteiger partial charge >= 0.3 is 0 Å². The molecule has 2 aromatic heterocycles. The van der Waals surface area contributed by atoms with Gasteiger partial charge in [-0.05, 0) is 50.9 Å². The van der Waals surface area contributed by atoms with Crippen LogP contribution in [0, 0.1) is 12.8 Å². The summed E-state index contributed by atoms with van der Waals surface area (Å²) in [6.45, 7) is 6.00. The van der Waals surface area contributed by atoms with Crippen LogP contribution in [0.5, 0.6) is 0 Å². The maximum absolute atomic E-state index is 5.94. The van der Waals surface area contributed by atoms with E-state index in [0.29, 0.717) is 11.9 Å². The fourth-order valence-electron chi connectivity index (χ4n) is 2.87. The predicted molar refractivity (Wildman–Crippen MR) is 115 cm³/mol. The van der Waals surface area contributed by atoms with Gasteiger partial charge in [-0.1, -0.05) is 6.07 Å². The molecular weight excluding hydrogens is 447 g/mol. The van der Waals surface area contributed by atoms with Gasteiger partial charge in [0.05, 0.1) is 10.7 Å². The number of anilines is 1. The number of nitrogens with zero attached hydrogens (tertiary/aromatic N) is 4. The average molecular weight is 472 g/mol. The van der Waals surface area contributed by atoms with Crippen LogP contribution in [-0.2, 0) is 6.54 Å². The summed E-state index contributed by atoms with van der Waals surface area (Å²) in [5.74, 6) is 1.77. The number of thiazole rings is 1. The van der Waals surface area contributed by atoms with E-state index in [-0.39, 0.29) is 24.0 Å². The van der Waals surface area contributed by atoms with Gasteiger partial charge < -0.3 is 11.1 Å². The van der Waals surface area contributed by atoms with Crippen LogP contribution in [0.2, 0.25) is 0 Å². The summed E-state index contributed by atoms with van der Waals surface area (Å²) < 4.78 is 0. The number of hydrogen-bond acceptors (Lipinski definition) is 5. The zero-order chi connectivity index (χ0) is 16.8. The van der Waals surface area contributed by atoms with Crippen molar-refractivity contribution in [1.29, 1.82) is 0 Å². The van der Waals surface area contributed by atoms with Crippen LogP contribution >= 0.6 is 35.3 Å². The van der Waals surface area contributed by atoms with E-state index in [1.165, 1.54) is 5.69 Å². The maximum atomic E-state index is 5.94. The Morgan fingerprint density at radius 1 is 1.40 bits per heavy atom. The third-order valence-corrected chi connectivity index (χ3v) is 5.02. The van der Waals surface area contributed by atoms with Crippen LogP contribution in [0.15, 0.2) is 34.8 Å². The fraction of sp³-hybridized carbons (Fsp3) is 0.471. The molecule has 0 aromatic carbocycles. The second kappa shape index (κ2) is 10.0. The van der Waals surface area contributed by atoms with Gasteiger partial charge in [-0.2, -0.15) is 0 Å². The second-order valence-corrected chi connectivity index (χ2v) is 7.21. The molecule has 6 nitrogen and oxygen atoms in total. The summed E-state index contributed by atoms with van der Waals surface area (Å²) in [5, 5.41) is 6.33. The highest BCUT2D eigenvalue weighted by atomic mass is 127. The lowest BCUT2D eigenvalue weighted by atomic mass is 9.97. The van der Waals surface area contributed by atoms with Gasteiger partial charge in [-0.15, -0.1) is 35.3 Å². The lowest BCUT2D eigenvalue weighted by Gasteiger charge is -2.30. The van der Waals surface area contributed by atoms with Crippen LogP contribution in [0.4, 0.5) is 5.82 Å². The highest BCUT2D eigenvalue weighted by molar-refractivity contribution is 14.0. The zero-order valence-corrected chi connectivity index (χ0v) is 17.5. The van der Waals surface area contributed by atoms with Gasteiger partial charge in [0.1, 0.15) is 5.82 Å². The summed E-state index contributed by atoms with van der Waals surface area (Å²) in [4.78, 5) is 15.7. The minimum absolute atomic E-state index is 0. The minimum atomic E-state index is 0. The van der Waals surface area contributed by atoms with Gasteiger partial charge in [-0.3, -0.25) is 9.89 Å². The molecule has 0 unspecified atom stereocenters. The van der Waals surface area contributed by atoms with Gasteiger partial charge in [-0.25, -0.2) is 9.97 Å². The number of nitrogens with one attached hydrogen (secondary N) is 1. The fourth-order valence-corrected chi connectivity index (χ4v) is 3.48. The molecule has 1 aliphatic rings. The molecule has 1 fully saturated rings. The number of likely N-dealkylation sites (tertiary alicyclic amines) is 1. The number of aryl methyl sites for hydroxylation is 1. The first-order valence-electron chi connectivity index (χ1n) is 8.30. The van der Waals surface area contributed by atoms with E-state index in [4.69, 9.17) is 5.73 Å². The van der Waals surface area contributed by atoms with Crippen LogP contribution in [0.25, 0.3) is 0 Å². The number of aromatic nitrogens is 2. The number of hydrogen-bond donors (Lipinski definition) is 2. The predicted octanol–water partition coefficient (Wildman–Crippen LogP) is 3.10. The number of piperidine rings is 1. The van der Waals surface area contributed by atoms with E-state index >= 15 is 0 Å². The molecule has 3 heterocycles. The molecule has 8 heteroatoms. The zero-order valence-electron chi connectivity index (χ0n) is 14.4. The standard InChI is InChI=1S/C17H24N6S.HI/c1-13-21-15(12-24-13)11-23-8-5-14(6-9-23)10-20-17(18)22-16-4-2-3-7-19-16;/h2-4,7,12,14H,5-6,8-11H2,1H3,(H3,18,19,20,22);1H. The number of nitrogens with two attached hydrogens (primary N) is 1. The van der Waals surface area contributed by atoms with E-state index < -0.39 is 0 Å². The van der Waals surface area contributed by atoms with Crippen LogP contribution in [0.3, 0.4) is 0 Å². The molecule has 0 bridgehead atoms. The first-order chi connectivity index (χ1) is 11.7. The molecular formula is C17H25IN6S.